The van der Waals surface area contributed by atoms with Gasteiger partial charge in [0, 0.05) is 10.6 Å². The standard InChI is InChI=1S/C9H6Cl2N2OS/c10-5-15-9-13-12-8(14-9)6-1-3-7(11)4-2-6/h1-4H,5H2. The van der Waals surface area contributed by atoms with Crippen LogP contribution in [-0.4, -0.2) is 15.4 Å². The van der Waals surface area contributed by atoms with Crippen LogP contribution in [0.15, 0.2) is 33.9 Å². The molecule has 6 heteroatoms. The number of halogens is 2. The van der Waals surface area contributed by atoms with Gasteiger partial charge in [-0.1, -0.05) is 11.6 Å². The van der Waals surface area contributed by atoms with Crippen molar-refractivity contribution in [3.8, 4) is 11.5 Å². The molecule has 3 nitrogen and oxygen atoms in total. The molecule has 0 atom stereocenters. The summed E-state index contributed by atoms with van der Waals surface area (Å²) in [4.78, 5) is 0. The molecule has 0 aliphatic carbocycles. The summed E-state index contributed by atoms with van der Waals surface area (Å²) >= 11 is 12.6. The van der Waals surface area contributed by atoms with Gasteiger partial charge in [0.15, 0.2) is 0 Å². The maximum absolute atomic E-state index is 5.77. The van der Waals surface area contributed by atoms with Crippen LogP contribution in [0.3, 0.4) is 0 Å². The smallest absolute Gasteiger partial charge is 0.278 e. The Morgan fingerprint density at radius 2 is 1.93 bits per heavy atom. The fourth-order valence-electron chi connectivity index (χ4n) is 1.02. The van der Waals surface area contributed by atoms with Crippen molar-refractivity contribution in [2.45, 2.75) is 5.22 Å². The van der Waals surface area contributed by atoms with Gasteiger partial charge < -0.3 is 4.42 Å². The quantitative estimate of drug-likeness (QED) is 0.624. The van der Waals surface area contributed by atoms with E-state index in [0.29, 0.717) is 21.3 Å². The van der Waals surface area contributed by atoms with E-state index in [4.69, 9.17) is 27.6 Å². The molecule has 1 aromatic carbocycles. The fraction of sp³-hybridized carbons (Fsp3) is 0.111. The highest BCUT2D eigenvalue weighted by molar-refractivity contribution is 8.00. The topological polar surface area (TPSA) is 38.9 Å². The summed E-state index contributed by atoms with van der Waals surface area (Å²) in [6.07, 6.45) is 0. The van der Waals surface area contributed by atoms with E-state index in [-0.39, 0.29) is 0 Å². The van der Waals surface area contributed by atoms with Crippen molar-refractivity contribution >= 4 is 35.0 Å². The lowest BCUT2D eigenvalue weighted by Gasteiger charge is -1.93. The predicted molar refractivity (Wildman–Crippen MR) is 61.3 cm³/mol. The summed E-state index contributed by atoms with van der Waals surface area (Å²) in [5, 5.41) is 9.26. The maximum Gasteiger partial charge on any atom is 0.278 e. The first-order valence-electron chi connectivity index (χ1n) is 4.08. The number of hydrogen-bond acceptors (Lipinski definition) is 4. The highest BCUT2D eigenvalue weighted by atomic mass is 35.5. The Labute approximate surface area is 101 Å². The van der Waals surface area contributed by atoms with Crippen molar-refractivity contribution in [1.29, 1.82) is 0 Å². The van der Waals surface area contributed by atoms with Crippen LogP contribution < -0.4 is 0 Å². The Hall–Kier alpha value is -0.710. The van der Waals surface area contributed by atoms with Gasteiger partial charge in [0.2, 0.25) is 5.89 Å². The molecule has 2 aromatic rings. The van der Waals surface area contributed by atoms with Crippen LogP contribution in [0.5, 0.6) is 0 Å². The molecule has 0 spiro atoms. The molecule has 15 heavy (non-hydrogen) atoms. The molecular formula is C9H6Cl2N2OS. The molecule has 0 fully saturated rings. The van der Waals surface area contributed by atoms with Crippen molar-refractivity contribution in [2.75, 3.05) is 5.21 Å². The third kappa shape index (κ3) is 2.65. The van der Waals surface area contributed by atoms with Gasteiger partial charge in [-0.3, -0.25) is 0 Å². The summed E-state index contributed by atoms with van der Waals surface area (Å²) in [6.45, 7) is 0. The van der Waals surface area contributed by atoms with Crippen molar-refractivity contribution in [1.82, 2.24) is 10.2 Å². The Bertz CT molecular complexity index is 444. The summed E-state index contributed by atoms with van der Waals surface area (Å²) in [5.74, 6) is 0.472. The second-order valence-electron chi connectivity index (χ2n) is 2.63. The average Bonchev–Trinajstić information content (AvgIpc) is 2.68. The number of rotatable bonds is 3. The normalized spacial score (nSPS) is 10.5. The lowest BCUT2D eigenvalue weighted by atomic mass is 10.2. The van der Waals surface area contributed by atoms with E-state index >= 15 is 0 Å². The summed E-state index contributed by atoms with van der Waals surface area (Å²) in [5.41, 5.74) is 0.841. The van der Waals surface area contributed by atoms with E-state index in [1.807, 2.05) is 12.1 Å². The summed E-state index contributed by atoms with van der Waals surface area (Å²) in [7, 11) is 0. The van der Waals surface area contributed by atoms with E-state index in [1.165, 1.54) is 11.8 Å². The Morgan fingerprint density at radius 3 is 2.60 bits per heavy atom. The number of alkyl halides is 1. The van der Waals surface area contributed by atoms with Crippen LogP contribution in [0.2, 0.25) is 5.02 Å². The highest BCUT2D eigenvalue weighted by Crippen LogP contribution is 2.24. The molecule has 0 bridgehead atoms. The van der Waals surface area contributed by atoms with Gasteiger partial charge in [0.25, 0.3) is 5.22 Å². The number of benzene rings is 1. The van der Waals surface area contributed by atoms with Gasteiger partial charge in [-0.05, 0) is 36.0 Å². The Balaban J connectivity index is 2.25. The van der Waals surface area contributed by atoms with E-state index < -0.39 is 0 Å². The van der Waals surface area contributed by atoms with Gasteiger partial charge in [-0.2, -0.15) is 0 Å². The SMILES string of the molecule is ClCSc1nnc(-c2ccc(Cl)cc2)o1. The monoisotopic (exact) mass is 260 g/mol. The van der Waals surface area contributed by atoms with E-state index in [2.05, 4.69) is 10.2 Å². The van der Waals surface area contributed by atoms with E-state index in [0.717, 1.165) is 5.56 Å². The second kappa shape index (κ2) is 4.88. The van der Waals surface area contributed by atoms with Crippen LogP contribution in [0.4, 0.5) is 0 Å². The zero-order chi connectivity index (χ0) is 10.7. The zero-order valence-corrected chi connectivity index (χ0v) is 9.81. The summed E-state index contributed by atoms with van der Waals surface area (Å²) in [6, 6.07) is 7.20. The van der Waals surface area contributed by atoms with Crippen LogP contribution in [-0.2, 0) is 0 Å². The molecule has 2 rings (SSSR count). The summed E-state index contributed by atoms with van der Waals surface area (Å²) < 4.78 is 5.36. The lowest BCUT2D eigenvalue weighted by Crippen LogP contribution is -1.76. The third-order valence-electron chi connectivity index (χ3n) is 1.68. The highest BCUT2D eigenvalue weighted by Gasteiger charge is 2.07. The minimum atomic E-state index is 0.391. The number of hydrogen-bond donors (Lipinski definition) is 0. The first-order chi connectivity index (χ1) is 7.29. The predicted octanol–water partition coefficient (Wildman–Crippen LogP) is 3.68. The number of nitrogens with zero attached hydrogens (tertiary/aromatic N) is 2. The fourth-order valence-corrected chi connectivity index (χ4v) is 1.76. The van der Waals surface area contributed by atoms with Crippen LogP contribution in [0, 0.1) is 0 Å². The van der Waals surface area contributed by atoms with E-state index in [1.54, 1.807) is 12.1 Å². The first-order valence-corrected chi connectivity index (χ1v) is 5.97. The van der Waals surface area contributed by atoms with Gasteiger partial charge in [0.1, 0.15) is 0 Å². The molecule has 78 valence electrons. The molecule has 0 unspecified atom stereocenters. The first kappa shape index (κ1) is 10.8. The van der Waals surface area contributed by atoms with Crippen LogP contribution >= 0.6 is 35.0 Å². The number of aromatic nitrogens is 2. The molecule has 0 aliphatic rings. The van der Waals surface area contributed by atoms with Gasteiger partial charge >= 0.3 is 0 Å². The van der Waals surface area contributed by atoms with Gasteiger partial charge in [-0.25, -0.2) is 0 Å². The van der Waals surface area contributed by atoms with Crippen LogP contribution in [0.1, 0.15) is 0 Å². The van der Waals surface area contributed by atoms with Crippen molar-refractivity contribution in [3.05, 3.63) is 29.3 Å². The average molecular weight is 261 g/mol. The molecule has 0 aliphatic heterocycles. The second-order valence-corrected chi connectivity index (χ2v) is 4.58. The van der Waals surface area contributed by atoms with Crippen molar-refractivity contribution in [2.24, 2.45) is 0 Å². The van der Waals surface area contributed by atoms with Crippen molar-refractivity contribution in [3.63, 3.8) is 0 Å². The van der Waals surface area contributed by atoms with E-state index in [9.17, 15) is 0 Å². The zero-order valence-electron chi connectivity index (χ0n) is 7.48. The van der Waals surface area contributed by atoms with Crippen LogP contribution in [0.25, 0.3) is 11.5 Å². The lowest BCUT2D eigenvalue weighted by molar-refractivity contribution is 0.466. The molecule has 1 heterocycles. The minimum Gasteiger partial charge on any atom is -0.411 e. The number of thioether (sulfide) groups is 1. The molecule has 0 radical (unpaired) electrons. The molecule has 1 aromatic heterocycles. The van der Waals surface area contributed by atoms with Gasteiger partial charge in [-0.15, -0.1) is 21.8 Å². The maximum atomic E-state index is 5.77. The molecule has 0 saturated carbocycles. The van der Waals surface area contributed by atoms with Crippen molar-refractivity contribution < 1.29 is 4.42 Å². The Morgan fingerprint density at radius 1 is 1.20 bits per heavy atom. The largest absolute Gasteiger partial charge is 0.411 e. The minimum absolute atomic E-state index is 0.391. The molecule has 0 amide bonds. The molecule has 0 saturated heterocycles. The molecule has 0 N–H and O–H groups in total. The third-order valence-corrected chi connectivity index (χ3v) is 2.78. The Kier molecular flexibility index (Phi) is 3.51. The van der Waals surface area contributed by atoms with Gasteiger partial charge in [0.05, 0.1) is 5.21 Å². The molecular weight excluding hydrogens is 255 g/mol.